The molecule has 14 heteroatoms. The number of piperidine rings is 2. The van der Waals surface area contributed by atoms with Gasteiger partial charge in [0.2, 0.25) is 5.95 Å². The van der Waals surface area contributed by atoms with Gasteiger partial charge in [0, 0.05) is 80.0 Å². The molecule has 0 spiro atoms. The van der Waals surface area contributed by atoms with Gasteiger partial charge in [-0.05, 0) is 56.0 Å². The topological polar surface area (TPSA) is 99.0 Å². The van der Waals surface area contributed by atoms with Gasteiger partial charge in [-0.2, -0.15) is 23.4 Å². The minimum Gasteiger partial charge on any atom is -0.368 e. The second kappa shape index (κ2) is 12.6. The number of likely N-dealkylation sites (tertiary alicyclic amines) is 2. The molecule has 8 nitrogen and oxygen atoms in total. The molecule has 246 valence electrons. The van der Waals surface area contributed by atoms with Crippen LogP contribution >= 0.6 is 11.3 Å². The molecule has 0 amide bonds. The molecule has 2 aliphatic rings. The molecule has 2 fully saturated rings. The molecule has 46 heavy (non-hydrogen) atoms. The Bertz CT molecular complexity index is 1760. The van der Waals surface area contributed by atoms with Crippen molar-refractivity contribution < 1.29 is 22.0 Å². The fourth-order valence-electron chi connectivity index (χ4n) is 6.71. The van der Waals surface area contributed by atoms with Gasteiger partial charge in [-0.25, -0.2) is 13.8 Å². The van der Waals surface area contributed by atoms with Gasteiger partial charge < -0.3 is 15.6 Å². The van der Waals surface area contributed by atoms with Crippen molar-refractivity contribution in [1.29, 1.82) is 5.26 Å². The quantitative estimate of drug-likeness (QED) is 0.203. The lowest BCUT2D eigenvalue weighted by atomic mass is 10.0. The number of hydrogen-bond donors (Lipinski definition) is 2. The first-order valence-electron chi connectivity index (χ1n) is 15.5. The van der Waals surface area contributed by atoms with E-state index in [2.05, 4.69) is 50.2 Å². The Hall–Kier alpha value is -3.54. The SMILES string of the molecule is Cc1c(CN2CCC(Nc3nc(N)nc4sc(CC(F)(F)F)cc34)CC2)ccc2c1cc(C#N)n2C[C@H](C)N1CCC(F)(F)CC1. The third-order valence-electron chi connectivity index (χ3n) is 9.34. The highest BCUT2D eigenvalue weighted by Gasteiger charge is 2.35. The maximum Gasteiger partial charge on any atom is 0.393 e. The number of aryl methyl sites for hydroxylation is 1. The minimum atomic E-state index is -4.30. The predicted octanol–water partition coefficient (Wildman–Crippen LogP) is 6.71. The van der Waals surface area contributed by atoms with Crippen LogP contribution in [0.1, 0.15) is 54.3 Å². The van der Waals surface area contributed by atoms with Crippen LogP contribution in [0.25, 0.3) is 21.1 Å². The molecule has 0 saturated carbocycles. The van der Waals surface area contributed by atoms with Crippen molar-refractivity contribution >= 4 is 44.2 Å². The second-order valence-corrected chi connectivity index (χ2v) is 13.7. The standard InChI is InChI=1S/C32H37F5N8S/c1-19(44-11-7-31(33,34)8-12-44)17-45-23(16-38)13-25-20(2)21(3-4-27(25)45)18-43-9-5-22(6-10-43)40-28-26-14-24(15-32(35,36)37)46-29(26)42-30(39)41-28/h3-4,13-14,19,22H,5-12,15,17-18H2,1-2H3,(H3,39,40,41,42)/t19-/m0/s1. The van der Waals surface area contributed by atoms with Crippen LogP contribution in [0.4, 0.5) is 33.7 Å². The maximum absolute atomic E-state index is 13.7. The van der Waals surface area contributed by atoms with Crippen molar-refractivity contribution in [3.8, 4) is 6.07 Å². The van der Waals surface area contributed by atoms with Gasteiger partial charge in [-0.1, -0.05) is 6.07 Å². The van der Waals surface area contributed by atoms with Crippen molar-refractivity contribution in [2.45, 2.75) is 83.2 Å². The summed E-state index contributed by atoms with van der Waals surface area (Å²) in [5, 5.41) is 14.9. The first-order chi connectivity index (χ1) is 21.8. The van der Waals surface area contributed by atoms with E-state index in [9.17, 15) is 27.2 Å². The van der Waals surface area contributed by atoms with E-state index >= 15 is 0 Å². The molecule has 3 N–H and O–H groups in total. The van der Waals surface area contributed by atoms with E-state index in [1.165, 1.54) is 11.6 Å². The minimum absolute atomic E-state index is 0.0188. The van der Waals surface area contributed by atoms with Gasteiger partial charge >= 0.3 is 6.18 Å². The van der Waals surface area contributed by atoms with Gasteiger partial charge in [-0.15, -0.1) is 11.3 Å². The number of benzene rings is 1. The van der Waals surface area contributed by atoms with E-state index in [1.807, 2.05) is 17.6 Å². The summed E-state index contributed by atoms with van der Waals surface area (Å²) in [5.74, 6) is -2.10. The van der Waals surface area contributed by atoms with Crippen molar-refractivity contribution in [3.05, 3.63) is 46.0 Å². The number of nitrogens with two attached hydrogens (primary N) is 1. The molecule has 4 aromatic rings. The van der Waals surface area contributed by atoms with Crippen LogP contribution in [0.2, 0.25) is 0 Å². The third kappa shape index (κ3) is 7.06. The van der Waals surface area contributed by atoms with Crippen LogP contribution in [0.5, 0.6) is 0 Å². The zero-order chi connectivity index (χ0) is 32.8. The highest BCUT2D eigenvalue weighted by atomic mass is 32.1. The van der Waals surface area contributed by atoms with Gasteiger partial charge in [0.15, 0.2) is 0 Å². The number of halogens is 5. The summed E-state index contributed by atoms with van der Waals surface area (Å²) in [5.41, 5.74) is 9.70. The number of rotatable bonds is 8. The van der Waals surface area contributed by atoms with E-state index in [4.69, 9.17) is 5.73 Å². The number of aromatic nitrogens is 3. The lowest BCUT2D eigenvalue weighted by Crippen LogP contribution is -2.45. The molecule has 1 atom stereocenters. The molecule has 0 bridgehead atoms. The van der Waals surface area contributed by atoms with Crippen molar-refractivity contribution in [2.24, 2.45) is 0 Å². The summed E-state index contributed by atoms with van der Waals surface area (Å²) in [7, 11) is 0. The Labute approximate surface area is 268 Å². The highest BCUT2D eigenvalue weighted by Crippen LogP contribution is 2.35. The molecule has 6 rings (SSSR count). The normalized spacial score (nSPS) is 19.1. The molecule has 2 saturated heterocycles. The Morgan fingerprint density at radius 3 is 2.50 bits per heavy atom. The van der Waals surface area contributed by atoms with Crippen LogP contribution in [0.15, 0.2) is 24.3 Å². The lowest BCUT2D eigenvalue weighted by Gasteiger charge is -2.36. The summed E-state index contributed by atoms with van der Waals surface area (Å²) in [6.45, 7) is 7.73. The monoisotopic (exact) mass is 660 g/mol. The highest BCUT2D eigenvalue weighted by molar-refractivity contribution is 7.18. The summed E-state index contributed by atoms with van der Waals surface area (Å²) in [6, 6.07) is 10.0. The van der Waals surface area contributed by atoms with E-state index < -0.39 is 18.5 Å². The number of fused-ring (bicyclic) bond motifs is 2. The van der Waals surface area contributed by atoms with Gasteiger partial charge in [0.05, 0.1) is 11.8 Å². The molecule has 1 aromatic carbocycles. The van der Waals surface area contributed by atoms with Crippen LogP contribution in [0.3, 0.4) is 0 Å². The Kier molecular flexibility index (Phi) is 8.86. The predicted molar refractivity (Wildman–Crippen MR) is 170 cm³/mol. The number of alkyl halides is 5. The van der Waals surface area contributed by atoms with Crippen LogP contribution < -0.4 is 11.1 Å². The molecule has 0 unspecified atom stereocenters. The van der Waals surface area contributed by atoms with E-state index in [0.29, 0.717) is 41.4 Å². The summed E-state index contributed by atoms with van der Waals surface area (Å²) >= 11 is 0.985. The molecule has 5 heterocycles. The average Bonchev–Trinajstić information content (AvgIpc) is 3.55. The van der Waals surface area contributed by atoms with Crippen LogP contribution in [-0.2, 0) is 19.5 Å². The lowest BCUT2D eigenvalue weighted by molar-refractivity contribution is -0.126. The van der Waals surface area contributed by atoms with Gasteiger partial charge in [-0.3, -0.25) is 9.80 Å². The van der Waals surface area contributed by atoms with Crippen molar-refractivity contribution in [3.63, 3.8) is 0 Å². The summed E-state index contributed by atoms with van der Waals surface area (Å²) in [6.07, 6.45) is -3.94. The van der Waals surface area contributed by atoms with Crippen molar-refractivity contribution in [1.82, 2.24) is 24.3 Å². The smallest absolute Gasteiger partial charge is 0.368 e. The molecule has 3 aromatic heterocycles. The summed E-state index contributed by atoms with van der Waals surface area (Å²) in [4.78, 5) is 13.5. The molecule has 0 aliphatic carbocycles. The molecule has 0 radical (unpaired) electrons. The fourth-order valence-corrected chi connectivity index (χ4v) is 7.77. The zero-order valence-electron chi connectivity index (χ0n) is 25.8. The summed E-state index contributed by atoms with van der Waals surface area (Å²) < 4.78 is 68.3. The van der Waals surface area contributed by atoms with E-state index in [-0.39, 0.29) is 35.8 Å². The van der Waals surface area contributed by atoms with Gasteiger partial charge in [0.1, 0.15) is 22.4 Å². The Morgan fingerprint density at radius 2 is 1.83 bits per heavy atom. The maximum atomic E-state index is 13.7. The number of nitriles is 1. The fraction of sp³-hybridized carbons (Fsp3) is 0.531. The number of hydrogen-bond acceptors (Lipinski definition) is 8. The second-order valence-electron chi connectivity index (χ2n) is 12.6. The molecular formula is C32H37F5N8S. The Balaban J connectivity index is 1.10. The van der Waals surface area contributed by atoms with Crippen LogP contribution in [-0.4, -0.2) is 74.7 Å². The van der Waals surface area contributed by atoms with E-state index in [1.54, 1.807) is 0 Å². The molecular weight excluding hydrogens is 623 g/mol. The average molecular weight is 661 g/mol. The van der Waals surface area contributed by atoms with Crippen LogP contribution in [0, 0.1) is 18.3 Å². The number of anilines is 2. The number of nitrogen functional groups attached to an aromatic ring is 1. The first-order valence-corrected chi connectivity index (χ1v) is 16.4. The largest absolute Gasteiger partial charge is 0.393 e. The Morgan fingerprint density at radius 1 is 1.11 bits per heavy atom. The zero-order valence-corrected chi connectivity index (χ0v) is 26.6. The number of thiophene rings is 1. The number of nitrogens with one attached hydrogen (secondary N) is 1. The number of nitrogens with zero attached hydrogens (tertiary/aromatic N) is 6. The van der Waals surface area contributed by atoms with Gasteiger partial charge in [0.25, 0.3) is 5.92 Å². The van der Waals surface area contributed by atoms with Crippen molar-refractivity contribution in [2.75, 3.05) is 37.2 Å². The van der Waals surface area contributed by atoms with E-state index in [0.717, 1.165) is 60.3 Å². The molecule has 2 aliphatic heterocycles. The third-order valence-corrected chi connectivity index (χ3v) is 10.4. The first kappa shape index (κ1) is 32.4.